The topological polar surface area (TPSA) is 72.2 Å². The van der Waals surface area contributed by atoms with Crippen LogP contribution in [0, 0.1) is 5.41 Å². The van der Waals surface area contributed by atoms with Crippen LogP contribution >= 0.6 is 11.6 Å². The summed E-state index contributed by atoms with van der Waals surface area (Å²) < 4.78 is 41.5. The van der Waals surface area contributed by atoms with E-state index in [9.17, 15) is 18.0 Å². The third-order valence-corrected chi connectivity index (χ3v) is 6.06. The quantitative estimate of drug-likeness (QED) is 0.404. The summed E-state index contributed by atoms with van der Waals surface area (Å²) in [4.78, 5) is 20.4. The van der Waals surface area contributed by atoms with Gasteiger partial charge in [-0.05, 0) is 49.2 Å². The van der Waals surface area contributed by atoms with Gasteiger partial charge < -0.3 is 5.32 Å². The van der Waals surface area contributed by atoms with E-state index in [0.29, 0.717) is 27.6 Å². The Balaban J connectivity index is 1.50. The molecule has 3 heterocycles. The van der Waals surface area contributed by atoms with Crippen LogP contribution in [0.25, 0.3) is 28.2 Å². The van der Waals surface area contributed by atoms with Crippen molar-refractivity contribution in [1.29, 1.82) is 0 Å². The van der Waals surface area contributed by atoms with Crippen molar-refractivity contribution >= 4 is 28.8 Å². The summed E-state index contributed by atoms with van der Waals surface area (Å²) in [6, 6.07) is 11.0. The highest BCUT2D eigenvalue weighted by molar-refractivity contribution is 6.34. The summed E-state index contributed by atoms with van der Waals surface area (Å²) in [5, 5.41) is 7.59. The van der Waals surface area contributed by atoms with Crippen LogP contribution in [-0.2, 0) is 11.0 Å². The number of rotatable bonds is 4. The first-order valence-corrected chi connectivity index (χ1v) is 10.5. The van der Waals surface area contributed by atoms with Gasteiger partial charge in [0.25, 0.3) is 0 Å². The second kappa shape index (κ2) is 7.55. The molecule has 1 aliphatic carbocycles. The molecule has 6 nitrogen and oxygen atoms in total. The highest BCUT2D eigenvalue weighted by atomic mass is 35.5. The van der Waals surface area contributed by atoms with Gasteiger partial charge in [0.05, 0.1) is 28.3 Å². The number of nitrogens with zero attached hydrogens (tertiary/aromatic N) is 4. The van der Waals surface area contributed by atoms with Crippen LogP contribution in [0.15, 0.2) is 54.9 Å². The molecular weight excluding hydrogens is 455 g/mol. The van der Waals surface area contributed by atoms with Gasteiger partial charge in [0, 0.05) is 22.7 Å². The average molecular weight is 472 g/mol. The molecule has 0 aliphatic heterocycles. The van der Waals surface area contributed by atoms with Crippen LogP contribution < -0.4 is 5.32 Å². The van der Waals surface area contributed by atoms with Gasteiger partial charge in [-0.15, -0.1) is 0 Å². The molecule has 1 N–H and O–H groups in total. The largest absolute Gasteiger partial charge is 0.434 e. The first-order valence-electron chi connectivity index (χ1n) is 10.1. The lowest BCUT2D eigenvalue weighted by atomic mass is 10.1. The SMILES string of the molecule is CC1(C(=O)Nc2cc(-c3cn4nc(-c5cccnc5C(F)(F)F)ccc4n3)ccc2Cl)CC1. The van der Waals surface area contributed by atoms with E-state index in [2.05, 4.69) is 20.4 Å². The normalized spacial score (nSPS) is 14.9. The van der Waals surface area contributed by atoms with Crippen LogP contribution in [0.4, 0.5) is 18.9 Å². The fourth-order valence-corrected chi connectivity index (χ4v) is 3.64. The Morgan fingerprint density at radius 2 is 1.94 bits per heavy atom. The molecule has 0 atom stereocenters. The molecule has 0 spiro atoms. The van der Waals surface area contributed by atoms with Gasteiger partial charge in [-0.25, -0.2) is 9.50 Å². The van der Waals surface area contributed by atoms with Crippen molar-refractivity contribution < 1.29 is 18.0 Å². The van der Waals surface area contributed by atoms with E-state index in [-0.39, 0.29) is 22.6 Å². The fourth-order valence-electron chi connectivity index (χ4n) is 3.47. The predicted molar refractivity (Wildman–Crippen MR) is 118 cm³/mol. The molecule has 0 radical (unpaired) electrons. The number of halogens is 4. The summed E-state index contributed by atoms with van der Waals surface area (Å²) in [6.07, 6.45) is -0.220. The summed E-state index contributed by atoms with van der Waals surface area (Å²) in [6.45, 7) is 1.90. The Kier molecular flexibility index (Phi) is 4.89. The van der Waals surface area contributed by atoms with E-state index in [0.717, 1.165) is 19.0 Å². The lowest BCUT2D eigenvalue weighted by Crippen LogP contribution is -2.21. The third kappa shape index (κ3) is 4.04. The highest BCUT2D eigenvalue weighted by Gasteiger charge is 2.45. The number of aromatic nitrogens is 4. The Labute approximate surface area is 191 Å². The number of hydrogen-bond donors (Lipinski definition) is 1. The number of alkyl halides is 3. The molecule has 1 aliphatic rings. The van der Waals surface area contributed by atoms with E-state index in [1.54, 1.807) is 30.5 Å². The summed E-state index contributed by atoms with van der Waals surface area (Å²) >= 11 is 6.27. The van der Waals surface area contributed by atoms with Crippen LogP contribution in [0.2, 0.25) is 5.02 Å². The predicted octanol–water partition coefficient (Wildman–Crippen LogP) is 5.87. The van der Waals surface area contributed by atoms with Gasteiger partial charge in [-0.2, -0.15) is 18.3 Å². The zero-order valence-corrected chi connectivity index (χ0v) is 18.1. The van der Waals surface area contributed by atoms with E-state index in [1.165, 1.54) is 22.7 Å². The number of imidazole rings is 1. The lowest BCUT2D eigenvalue weighted by molar-refractivity contribution is -0.140. The molecule has 0 saturated heterocycles. The zero-order valence-electron chi connectivity index (χ0n) is 17.3. The Bertz CT molecular complexity index is 1390. The molecule has 1 saturated carbocycles. The third-order valence-electron chi connectivity index (χ3n) is 5.73. The minimum absolute atomic E-state index is 0.0835. The first-order chi connectivity index (χ1) is 15.6. The Morgan fingerprint density at radius 1 is 1.15 bits per heavy atom. The summed E-state index contributed by atoms with van der Waals surface area (Å²) in [5.41, 5.74) is 0.789. The second-order valence-electron chi connectivity index (χ2n) is 8.25. The second-order valence-corrected chi connectivity index (χ2v) is 8.66. The number of anilines is 1. The molecule has 1 amide bonds. The molecule has 33 heavy (non-hydrogen) atoms. The van der Waals surface area contributed by atoms with Gasteiger partial charge in [0.1, 0.15) is 0 Å². The number of amides is 1. The van der Waals surface area contributed by atoms with Gasteiger partial charge in [0.2, 0.25) is 5.91 Å². The molecule has 168 valence electrons. The number of nitrogens with one attached hydrogen (secondary N) is 1. The van der Waals surface area contributed by atoms with E-state index in [4.69, 9.17) is 11.6 Å². The average Bonchev–Trinajstić information content (AvgIpc) is 3.39. The van der Waals surface area contributed by atoms with Crippen LogP contribution in [-0.4, -0.2) is 25.5 Å². The smallest absolute Gasteiger partial charge is 0.324 e. The molecule has 5 rings (SSSR count). The molecular formula is C23H17ClF3N5O. The standard InChI is InChI=1S/C23H17ClF3N5O/c1-22(8-9-22)21(33)30-17-11-13(4-5-15(17)24)18-12-32-19(29-18)7-6-16(31-32)14-3-2-10-28-20(14)23(25,26)27/h2-7,10-12H,8-9H2,1H3,(H,30,33). The maximum atomic E-state index is 13.4. The molecule has 0 unspecified atom stereocenters. The zero-order chi connectivity index (χ0) is 23.4. The minimum atomic E-state index is -4.60. The van der Waals surface area contributed by atoms with Crippen molar-refractivity contribution in [1.82, 2.24) is 19.6 Å². The summed E-state index contributed by atoms with van der Waals surface area (Å²) in [5.74, 6) is -0.0835. The number of fused-ring (bicyclic) bond motifs is 1. The Morgan fingerprint density at radius 3 is 2.67 bits per heavy atom. The van der Waals surface area contributed by atoms with Crippen molar-refractivity contribution in [3.05, 3.63) is 65.6 Å². The van der Waals surface area contributed by atoms with Crippen molar-refractivity contribution in [2.45, 2.75) is 25.9 Å². The summed E-state index contributed by atoms with van der Waals surface area (Å²) in [7, 11) is 0. The molecule has 1 fully saturated rings. The first kappa shape index (κ1) is 21.4. The molecule has 3 aromatic heterocycles. The van der Waals surface area contributed by atoms with Crippen LogP contribution in [0.5, 0.6) is 0 Å². The van der Waals surface area contributed by atoms with E-state index >= 15 is 0 Å². The van der Waals surface area contributed by atoms with Crippen LogP contribution in [0.3, 0.4) is 0 Å². The van der Waals surface area contributed by atoms with E-state index < -0.39 is 11.9 Å². The van der Waals surface area contributed by atoms with Gasteiger partial charge >= 0.3 is 6.18 Å². The number of benzene rings is 1. The fraction of sp³-hybridized carbons (Fsp3) is 0.217. The van der Waals surface area contributed by atoms with Crippen molar-refractivity contribution in [2.75, 3.05) is 5.32 Å². The maximum absolute atomic E-state index is 13.4. The number of carbonyl (C=O) groups is 1. The molecule has 10 heteroatoms. The Hall–Kier alpha value is -3.46. The van der Waals surface area contributed by atoms with Crippen molar-refractivity contribution in [2.24, 2.45) is 5.41 Å². The minimum Gasteiger partial charge on any atom is -0.324 e. The van der Waals surface area contributed by atoms with Crippen molar-refractivity contribution in [3.63, 3.8) is 0 Å². The number of pyridine rings is 1. The number of hydrogen-bond acceptors (Lipinski definition) is 4. The van der Waals surface area contributed by atoms with Crippen molar-refractivity contribution in [3.8, 4) is 22.5 Å². The molecule has 1 aromatic carbocycles. The monoisotopic (exact) mass is 471 g/mol. The maximum Gasteiger partial charge on any atom is 0.434 e. The molecule has 4 aromatic rings. The van der Waals surface area contributed by atoms with Crippen LogP contribution in [0.1, 0.15) is 25.5 Å². The van der Waals surface area contributed by atoms with E-state index in [1.807, 2.05) is 6.92 Å². The number of carbonyl (C=O) groups excluding carboxylic acids is 1. The highest BCUT2D eigenvalue weighted by Crippen LogP contribution is 2.46. The van der Waals surface area contributed by atoms with Gasteiger partial charge in [-0.3, -0.25) is 9.78 Å². The molecule has 0 bridgehead atoms. The lowest BCUT2D eigenvalue weighted by Gasteiger charge is -2.12. The van der Waals surface area contributed by atoms with Gasteiger partial charge in [-0.1, -0.05) is 24.6 Å². The van der Waals surface area contributed by atoms with Gasteiger partial charge in [0.15, 0.2) is 11.3 Å².